The van der Waals surface area contributed by atoms with E-state index in [1.165, 1.54) is 17.7 Å². The van der Waals surface area contributed by atoms with E-state index < -0.39 is 0 Å². The first-order valence-corrected chi connectivity index (χ1v) is 5.35. The summed E-state index contributed by atoms with van der Waals surface area (Å²) in [5.41, 5.74) is 2.89. The van der Waals surface area contributed by atoms with Crippen molar-refractivity contribution in [2.45, 2.75) is 39.3 Å². The van der Waals surface area contributed by atoms with E-state index in [0.717, 1.165) is 6.54 Å². The van der Waals surface area contributed by atoms with Crippen LogP contribution in [0.1, 0.15) is 37.8 Å². The predicted octanol–water partition coefficient (Wildman–Crippen LogP) is 2.41. The van der Waals surface area contributed by atoms with Crippen LogP contribution >= 0.6 is 0 Å². The molecular weight excluding hydrogens is 172 g/mol. The van der Waals surface area contributed by atoms with Gasteiger partial charge in [-0.05, 0) is 37.0 Å². The van der Waals surface area contributed by atoms with Crippen LogP contribution in [0, 0.1) is 0 Å². The van der Waals surface area contributed by atoms with E-state index in [-0.39, 0.29) is 0 Å². The molecule has 2 rings (SSSR count). The molecule has 0 saturated carbocycles. The Balaban J connectivity index is 2.29. The molecule has 0 amide bonds. The first-order chi connectivity index (χ1) is 6.68. The molecular formula is C12H18N2. The predicted molar refractivity (Wildman–Crippen MR) is 58.2 cm³/mol. The summed E-state index contributed by atoms with van der Waals surface area (Å²) >= 11 is 0. The number of hydrogen-bond donors (Lipinski definition) is 0. The van der Waals surface area contributed by atoms with Crippen molar-refractivity contribution in [3.8, 4) is 0 Å². The zero-order valence-electron chi connectivity index (χ0n) is 9.20. The quantitative estimate of drug-likeness (QED) is 0.676. The Labute approximate surface area is 86.0 Å². The molecule has 0 N–H and O–H groups in total. The highest BCUT2D eigenvalue weighted by atomic mass is 15.2. The van der Waals surface area contributed by atoms with E-state index in [0.29, 0.717) is 12.0 Å². The van der Waals surface area contributed by atoms with Crippen molar-refractivity contribution in [3.63, 3.8) is 0 Å². The number of rotatable bonds is 1. The lowest BCUT2D eigenvalue weighted by Crippen LogP contribution is -2.37. The van der Waals surface area contributed by atoms with Gasteiger partial charge in [-0.25, -0.2) is 0 Å². The molecule has 0 fully saturated rings. The molecule has 1 aromatic rings. The topological polar surface area (TPSA) is 16.1 Å². The Hall–Kier alpha value is -0.890. The summed E-state index contributed by atoms with van der Waals surface area (Å²) < 4.78 is 0. The van der Waals surface area contributed by atoms with Gasteiger partial charge in [0, 0.05) is 31.5 Å². The van der Waals surface area contributed by atoms with Crippen molar-refractivity contribution in [1.29, 1.82) is 0 Å². The van der Waals surface area contributed by atoms with E-state index in [2.05, 4.69) is 36.7 Å². The second-order valence-electron chi connectivity index (χ2n) is 4.50. The number of hydrogen-bond acceptors (Lipinski definition) is 2. The normalized spacial score (nSPS) is 22.4. The van der Waals surface area contributed by atoms with E-state index in [9.17, 15) is 0 Å². The van der Waals surface area contributed by atoms with Crippen LogP contribution in [-0.2, 0) is 6.54 Å². The van der Waals surface area contributed by atoms with Crippen LogP contribution in [0.5, 0.6) is 0 Å². The van der Waals surface area contributed by atoms with Crippen LogP contribution in [-0.4, -0.2) is 22.5 Å². The summed E-state index contributed by atoms with van der Waals surface area (Å²) in [5, 5.41) is 0. The Bertz CT molecular complexity index is 320. The summed E-state index contributed by atoms with van der Waals surface area (Å²) in [5.74, 6) is 0.643. The first kappa shape index (κ1) is 9.66. The van der Waals surface area contributed by atoms with Crippen LogP contribution in [0.4, 0.5) is 0 Å². The first-order valence-electron chi connectivity index (χ1n) is 5.35. The fourth-order valence-corrected chi connectivity index (χ4v) is 2.18. The van der Waals surface area contributed by atoms with Gasteiger partial charge in [0.2, 0.25) is 0 Å². The molecule has 0 saturated heterocycles. The summed E-state index contributed by atoms with van der Waals surface area (Å²) in [6.07, 6.45) is 3.92. The molecule has 2 heteroatoms. The SMILES string of the molecule is CC1CN(C(C)C)Cc2cnccc21. The number of fused-ring (bicyclic) bond motifs is 1. The fraction of sp³-hybridized carbons (Fsp3) is 0.583. The molecule has 1 unspecified atom stereocenters. The van der Waals surface area contributed by atoms with Crippen molar-refractivity contribution in [2.75, 3.05) is 6.54 Å². The molecule has 0 aliphatic carbocycles. The summed E-state index contributed by atoms with van der Waals surface area (Å²) in [6, 6.07) is 2.79. The lowest BCUT2D eigenvalue weighted by atomic mass is 9.92. The highest BCUT2D eigenvalue weighted by Crippen LogP contribution is 2.27. The largest absolute Gasteiger partial charge is 0.296 e. The monoisotopic (exact) mass is 190 g/mol. The van der Waals surface area contributed by atoms with Crippen molar-refractivity contribution >= 4 is 0 Å². The van der Waals surface area contributed by atoms with Gasteiger partial charge in [0.05, 0.1) is 0 Å². The van der Waals surface area contributed by atoms with Gasteiger partial charge in [0.25, 0.3) is 0 Å². The second-order valence-corrected chi connectivity index (χ2v) is 4.50. The van der Waals surface area contributed by atoms with Gasteiger partial charge in [-0.1, -0.05) is 6.92 Å². The Morgan fingerprint density at radius 2 is 2.29 bits per heavy atom. The van der Waals surface area contributed by atoms with Crippen molar-refractivity contribution in [3.05, 3.63) is 29.6 Å². The average Bonchev–Trinajstić information content (AvgIpc) is 2.17. The fourth-order valence-electron chi connectivity index (χ4n) is 2.18. The molecule has 76 valence electrons. The Morgan fingerprint density at radius 1 is 1.50 bits per heavy atom. The third-order valence-corrected chi connectivity index (χ3v) is 3.08. The zero-order valence-corrected chi connectivity index (χ0v) is 9.20. The second kappa shape index (κ2) is 3.70. The molecule has 1 aliphatic rings. The maximum absolute atomic E-state index is 4.20. The molecule has 1 atom stereocenters. The highest BCUT2D eigenvalue weighted by Gasteiger charge is 2.23. The van der Waals surface area contributed by atoms with Crippen LogP contribution < -0.4 is 0 Å². The molecule has 0 spiro atoms. The molecule has 0 aromatic carbocycles. The molecule has 0 radical (unpaired) electrons. The number of pyridine rings is 1. The summed E-state index contributed by atoms with van der Waals surface area (Å²) in [6.45, 7) is 9.05. The smallest absolute Gasteiger partial charge is 0.0315 e. The van der Waals surface area contributed by atoms with Gasteiger partial charge in [-0.3, -0.25) is 9.88 Å². The minimum Gasteiger partial charge on any atom is -0.296 e. The average molecular weight is 190 g/mol. The van der Waals surface area contributed by atoms with Crippen LogP contribution in [0.15, 0.2) is 18.5 Å². The molecule has 14 heavy (non-hydrogen) atoms. The molecule has 0 bridgehead atoms. The summed E-state index contributed by atoms with van der Waals surface area (Å²) in [4.78, 5) is 6.71. The van der Waals surface area contributed by atoms with Gasteiger partial charge in [-0.15, -0.1) is 0 Å². The zero-order chi connectivity index (χ0) is 10.1. The van der Waals surface area contributed by atoms with Crippen LogP contribution in [0.25, 0.3) is 0 Å². The molecule has 1 aliphatic heterocycles. The lowest BCUT2D eigenvalue weighted by Gasteiger charge is -2.35. The van der Waals surface area contributed by atoms with Gasteiger partial charge in [-0.2, -0.15) is 0 Å². The van der Waals surface area contributed by atoms with Gasteiger partial charge in [0.1, 0.15) is 0 Å². The third kappa shape index (κ3) is 1.67. The highest BCUT2D eigenvalue weighted by molar-refractivity contribution is 5.29. The number of aromatic nitrogens is 1. The molecule has 2 heterocycles. The van der Waals surface area contributed by atoms with Crippen LogP contribution in [0.3, 0.4) is 0 Å². The minimum atomic E-state index is 0.630. The maximum atomic E-state index is 4.20. The van der Waals surface area contributed by atoms with Gasteiger partial charge < -0.3 is 0 Å². The number of nitrogens with zero attached hydrogens (tertiary/aromatic N) is 2. The van der Waals surface area contributed by atoms with E-state index in [1.54, 1.807) is 0 Å². The standard InChI is InChI=1S/C12H18N2/c1-9(2)14-7-10(3)12-4-5-13-6-11(12)8-14/h4-6,9-10H,7-8H2,1-3H3. The van der Waals surface area contributed by atoms with Crippen molar-refractivity contribution in [2.24, 2.45) is 0 Å². The van der Waals surface area contributed by atoms with E-state index >= 15 is 0 Å². The van der Waals surface area contributed by atoms with Gasteiger partial charge >= 0.3 is 0 Å². The summed E-state index contributed by atoms with van der Waals surface area (Å²) in [7, 11) is 0. The van der Waals surface area contributed by atoms with Crippen LogP contribution in [0.2, 0.25) is 0 Å². The Kier molecular flexibility index (Phi) is 2.55. The third-order valence-electron chi connectivity index (χ3n) is 3.08. The lowest BCUT2D eigenvalue weighted by molar-refractivity contribution is 0.187. The molecule has 2 nitrogen and oxygen atoms in total. The van der Waals surface area contributed by atoms with Gasteiger partial charge in [0.15, 0.2) is 0 Å². The molecule has 1 aromatic heterocycles. The van der Waals surface area contributed by atoms with Crippen molar-refractivity contribution in [1.82, 2.24) is 9.88 Å². The Morgan fingerprint density at radius 3 is 3.00 bits per heavy atom. The van der Waals surface area contributed by atoms with E-state index in [1.807, 2.05) is 12.4 Å². The van der Waals surface area contributed by atoms with E-state index in [4.69, 9.17) is 0 Å². The van der Waals surface area contributed by atoms with Crippen molar-refractivity contribution < 1.29 is 0 Å². The minimum absolute atomic E-state index is 0.630. The maximum Gasteiger partial charge on any atom is 0.0315 e.